The van der Waals surface area contributed by atoms with Gasteiger partial charge in [-0.15, -0.1) is 0 Å². The number of rotatable bonds is 3. The fourth-order valence-electron chi connectivity index (χ4n) is 6.57. The number of anilines is 1. The summed E-state index contributed by atoms with van der Waals surface area (Å²) in [7, 11) is 0. The second kappa shape index (κ2) is 6.36. The lowest BCUT2D eigenvalue weighted by atomic mass is 9.46. The highest BCUT2D eigenvalue weighted by Gasteiger charge is 2.67. The van der Waals surface area contributed by atoms with E-state index in [9.17, 15) is 19.7 Å². The standard InChI is InChI=1S/C26H20N2O4/c1-2-26-17-11-5-3-9-15(17)21(16-10-4-6-12-18(16)26)22-23(26)25(30)27(24(22)29)19-13-7-8-14-20(19)28(31)32/h3-14,21-23H,2H2,1H3/t21?,22-,23+,26?/m0/s1. The van der Waals surface area contributed by atoms with Crippen LogP contribution in [0.25, 0.3) is 0 Å². The minimum absolute atomic E-state index is 0.0562. The molecule has 0 spiro atoms. The normalized spacial score (nSPS) is 27.2. The summed E-state index contributed by atoms with van der Waals surface area (Å²) in [5, 5.41) is 11.7. The van der Waals surface area contributed by atoms with E-state index >= 15 is 0 Å². The topological polar surface area (TPSA) is 80.5 Å². The van der Waals surface area contributed by atoms with Crippen molar-refractivity contribution in [3.8, 4) is 0 Å². The fraction of sp³-hybridized carbons (Fsp3) is 0.231. The molecule has 0 unspecified atom stereocenters. The molecule has 3 aliphatic carbocycles. The summed E-state index contributed by atoms with van der Waals surface area (Å²) in [6.07, 6.45) is 0.651. The van der Waals surface area contributed by atoms with Crippen molar-refractivity contribution in [2.45, 2.75) is 24.7 Å². The van der Waals surface area contributed by atoms with Crippen molar-refractivity contribution >= 4 is 23.2 Å². The van der Waals surface area contributed by atoms with Gasteiger partial charge in [-0.3, -0.25) is 19.7 Å². The van der Waals surface area contributed by atoms with Crippen LogP contribution in [0.4, 0.5) is 11.4 Å². The molecule has 2 atom stereocenters. The molecule has 0 N–H and O–H groups in total. The summed E-state index contributed by atoms with van der Waals surface area (Å²) >= 11 is 0. The molecule has 6 nitrogen and oxygen atoms in total. The molecule has 1 saturated heterocycles. The minimum atomic E-state index is -0.641. The van der Waals surface area contributed by atoms with Crippen LogP contribution in [0.1, 0.15) is 41.5 Å². The van der Waals surface area contributed by atoms with E-state index in [4.69, 9.17) is 0 Å². The van der Waals surface area contributed by atoms with Gasteiger partial charge in [-0.25, -0.2) is 4.90 Å². The van der Waals surface area contributed by atoms with Gasteiger partial charge < -0.3 is 0 Å². The second-order valence-electron chi connectivity index (χ2n) is 8.74. The highest BCUT2D eigenvalue weighted by molar-refractivity contribution is 6.24. The number of hydrogen-bond donors (Lipinski definition) is 0. The molecule has 2 bridgehead atoms. The Balaban J connectivity index is 1.64. The lowest BCUT2D eigenvalue weighted by Gasteiger charge is -2.54. The molecule has 158 valence electrons. The van der Waals surface area contributed by atoms with Gasteiger partial charge in [0.05, 0.1) is 16.8 Å². The van der Waals surface area contributed by atoms with Crippen LogP contribution in [-0.4, -0.2) is 16.7 Å². The van der Waals surface area contributed by atoms with E-state index in [1.165, 1.54) is 12.1 Å². The van der Waals surface area contributed by atoms with E-state index < -0.39 is 22.2 Å². The smallest absolute Gasteiger partial charge is 0.274 e. The number of benzene rings is 3. The quantitative estimate of drug-likeness (QED) is 0.351. The maximum Gasteiger partial charge on any atom is 0.293 e. The summed E-state index contributed by atoms with van der Waals surface area (Å²) in [6, 6.07) is 22.2. The van der Waals surface area contributed by atoms with Gasteiger partial charge >= 0.3 is 0 Å². The lowest BCUT2D eigenvalue weighted by Crippen LogP contribution is -2.53. The molecule has 1 heterocycles. The summed E-state index contributed by atoms with van der Waals surface area (Å²) in [5.74, 6) is -2.10. The largest absolute Gasteiger partial charge is 0.293 e. The lowest BCUT2D eigenvalue weighted by molar-refractivity contribution is -0.384. The highest BCUT2D eigenvalue weighted by atomic mass is 16.6. The van der Waals surface area contributed by atoms with Gasteiger partial charge in [-0.05, 0) is 34.7 Å². The average Bonchev–Trinajstić information content (AvgIpc) is 3.09. The number of nitro benzene ring substituents is 1. The molecule has 1 aliphatic heterocycles. The molecule has 0 aromatic heterocycles. The van der Waals surface area contributed by atoms with Crippen LogP contribution in [-0.2, 0) is 15.0 Å². The highest BCUT2D eigenvalue weighted by Crippen LogP contribution is 2.65. The number of nitro groups is 1. The Bertz CT molecular complexity index is 1280. The summed E-state index contributed by atoms with van der Waals surface area (Å²) in [4.78, 5) is 40.1. The van der Waals surface area contributed by atoms with Gasteiger partial charge in [0.25, 0.3) is 5.69 Å². The van der Waals surface area contributed by atoms with Crippen LogP contribution in [0.3, 0.4) is 0 Å². The Hall–Kier alpha value is -3.80. The van der Waals surface area contributed by atoms with Crippen LogP contribution in [0.15, 0.2) is 72.8 Å². The second-order valence-corrected chi connectivity index (χ2v) is 8.74. The monoisotopic (exact) mass is 424 g/mol. The molecule has 4 aliphatic rings. The minimum Gasteiger partial charge on any atom is -0.274 e. The fourth-order valence-corrected chi connectivity index (χ4v) is 6.57. The number of carbonyl (C=O) groups is 2. The third kappa shape index (κ3) is 2.04. The van der Waals surface area contributed by atoms with Crippen molar-refractivity contribution in [3.05, 3.63) is 105 Å². The Morgan fingerprint density at radius 2 is 1.44 bits per heavy atom. The SMILES string of the molecule is CCC12c3ccccc3C(c3ccccc31)[C@@H]1C(=O)N(c3ccccc3[N+](=O)[O-])C(=O)[C@@H]12. The van der Waals surface area contributed by atoms with Crippen LogP contribution in [0.2, 0.25) is 0 Å². The first-order chi connectivity index (χ1) is 15.5. The van der Waals surface area contributed by atoms with Gasteiger partial charge in [0.1, 0.15) is 5.69 Å². The molecule has 0 radical (unpaired) electrons. The Morgan fingerprint density at radius 1 is 0.875 bits per heavy atom. The molecule has 2 amide bonds. The van der Waals surface area contributed by atoms with Gasteiger partial charge in [0, 0.05) is 17.4 Å². The van der Waals surface area contributed by atoms with E-state index in [0.717, 1.165) is 27.2 Å². The van der Waals surface area contributed by atoms with Crippen molar-refractivity contribution in [2.75, 3.05) is 4.90 Å². The molecule has 7 rings (SSSR count). The average molecular weight is 424 g/mol. The van der Waals surface area contributed by atoms with Crippen molar-refractivity contribution < 1.29 is 14.5 Å². The van der Waals surface area contributed by atoms with Crippen LogP contribution >= 0.6 is 0 Å². The molecular formula is C26H20N2O4. The predicted molar refractivity (Wildman–Crippen MR) is 118 cm³/mol. The van der Waals surface area contributed by atoms with Crippen molar-refractivity contribution in [1.82, 2.24) is 0 Å². The van der Waals surface area contributed by atoms with E-state index in [0.29, 0.717) is 6.42 Å². The van der Waals surface area contributed by atoms with E-state index in [-0.39, 0.29) is 29.1 Å². The maximum absolute atomic E-state index is 14.0. The van der Waals surface area contributed by atoms with E-state index in [2.05, 4.69) is 31.2 Å². The number of amides is 2. The first-order valence-electron chi connectivity index (χ1n) is 10.8. The number of nitrogens with zero attached hydrogens (tertiary/aromatic N) is 2. The molecule has 6 heteroatoms. The van der Waals surface area contributed by atoms with E-state index in [1.54, 1.807) is 12.1 Å². The summed E-state index contributed by atoms with van der Waals surface area (Å²) in [5.41, 5.74) is 3.54. The van der Waals surface area contributed by atoms with Gasteiger partial charge in [-0.2, -0.15) is 0 Å². The zero-order valence-corrected chi connectivity index (χ0v) is 17.4. The molecular weight excluding hydrogens is 404 g/mol. The maximum atomic E-state index is 14.0. The van der Waals surface area contributed by atoms with Gasteiger partial charge in [0.15, 0.2) is 0 Å². The first kappa shape index (κ1) is 18.9. The molecule has 3 aromatic rings. The molecule has 1 fully saturated rings. The van der Waals surface area contributed by atoms with Crippen LogP contribution < -0.4 is 4.90 Å². The molecule has 0 saturated carbocycles. The number of carbonyl (C=O) groups excluding carboxylic acids is 2. The molecule has 32 heavy (non-hydrogen) atoms. The Morgan fingerprint density at radius 3 is 2.03 bits per heavy atom. The Kier molecular flexibility index (Phi) is 3.76. The third-order valence-electron chi connectivity index (χ3n) is 7.67. The summed E-state index contributed by atoms with van der Waals surface area (Å²) in [6.45, 7) is 2.06. The zero-order valence-electron chi connectivity index (χ0n) is 17.4. The zero-order chi connectivity index (χ0) is 22.2. The van der Waals surface area contributed by atoms with E-state index in [1.807, 2.05) is 24.3 Å². The van der Waals surface area contributed by atoms with Crippen molar-refractivity contribution in [2.24, 2.45) is 11.8 Å². The Labute approximate surface area is 184 Å². The number of hydrogen-bond acceptors (Lipinski definition) is 4. The number of imide groups is 1. The van der Waals surface area contributed by atoms with Crippen molar-refractivity contribution in [1.29, 1.82) is 0 Å². The first-order valence-corrected chi connectivity index (χ1v) is 10.8. The molecule has 3 aromatic carbocycles. The third-order valence-corrected chi connectivity index (χ3v) is 7.67. The summed E-state index contributed by atoms with van der Waals surface area (Å²) < 4.78 is 0. The predicted octanol–water partition coefficient (Wildman–Crippen LogP) is 4.56. The van der Waals surface area contributed by atoms with Gasteiger partial charge in [-0.1, -0.05) is 67.6 Å². The number of para-hydroxylation sites is 2. The van der Waals surface area contributed by atoms with Crippen LogP contribution in [0.5, 0.6) is 0 Å². The van der Waals surface area contributed by atoms with Crippen molar-refractivity contribution in [3.63, 3.8) is 0 Å². The van der Waals surface area contributed by atoms with Gasteiger partial charge in [0.2, 0.25) is 11.8 Å². The van der Waals surface area contributed by atoms with Crippen LogP contribution in [0, 0.1) is 22.0 Å².